The molecule has 0 spiro atoms. The molecule has 0 bridgehead atoms. The Bertz CT molecular complexity index is 1350. The van der Waals surface area contributed by atoms with Gasteiger partial charge in [-0.2, -0.15) is 0 Å². The van der Waals surface area contributed by atoms with E-state index in [4.69, 9.17) is 16.3 Å². The van der Waals surface area contributed by atoms with Crippen LogP contribution in [0.15, 0.2) is 60.9 Å². The first-order valence-electron chi connectivity index (χ1n) is 9.55. The molecule has 4 rings (SSSR count). The monoisotopic (exact) mass is 452 g/mol. The lowest BCUT2D eigenvalue weighted by Crippen LogP contribution is -2.16. The van der Waals surface area contributed by atoms with Crippen molar-refractivity contribution in [2.45, 2.75) is 6.92 Å². The van der Waals surface area contributed by atoms with E-state index >= 15 is 0 Å². The summed E-state index contributed by atoms with van der Waals surface area (Å²) in [6.07, 6.45) is 3.45. The smallest absolute Gasteiger partial charge is 0.275 e. The lowest BCUT2D eigenvalue weighted by atomic mass is 10.2. The minimum Gasteiger partial charge on any atom is -0.495 e. The van der Waals surface area contributed by atoms with Crippen molar-refractivity contribution in [1.29, 1.82) is 0 Å². The number of ether oxygens (including phenoxy) is 1. The maximum atomic E-state index is 14.1. The van der Waals surface area contributed by atoms with Crippen LogP contribution in [0.1, 0.15) is 26.4 Å². The number of hydrogen-bond acceptors (Lipinski definition) is 4. The number of benzene rings is 2. The fourth-order valence-electron chi connectivity index (χ4n) is 3.13. The molecule has 0 aliphatic rings. The number of nitrogens with zero attached hydrogens (tertiary/aromatic N) is 2. The number of carbonyl (C=O) groups is 2. The highest BCUT2D eigenvalue weighted by atomic mass is 35.5. The molecule has 2 aromatic heterocycles. The van der Waals surface area contributed by atoms with Gasteiger partial charge in [0.1, 0.15) is 22.9 Å². The van der Waals surface area contributed by atoms with Crippen molar-refractivity contribution < 1.29 is 18.7 Å². The maximum absolute atomic E-state index is 14.1. The van der Waals surface area contributed by atoms with Crippen molar-refractivity contribution in [1.82, 2.24) is 9.38 Å². The van der Waals surface area contributed by atoms with E-state index in [1.54, 1.807) is 22.7 Å². The topological polar surface area (TPSA) is 84.7 Å². The summed E-state index contributed by atoms with van der Waals surface area (Å²) in [6.45, 7) is 1.94. The second-order valence-corrected chi connectivity index (χ2v) is 7.48. The molecule has 2 aromatic carbocycles. The number of pyridine rings is 1. The zero-order valence-corrected chi connectivity index (χ0v) is 17.9. The number of imidazole rings is 1. The molecule has 2 N–H and O–H groups in total. The summed E-state index contributed by atoms with van der Waals surface area (Å²) in [5.41, 5.74) is 2.41. The number of methoxy groups -OCH3 is 1. The van der Waals surface area contributed by atoms with Gasteiger partial charge in [0.05, 0.1) is 18.4 Å². The number of amides is 2. The first-order chi connectivity index (χ1) is 15.3. The Balaban J connectivity index is 1.56. The maximum Gasteiger partial charge on any atom is 0.275 e. The van der Waals surface area contributed by atoms with Crippen molar-refractivity contribution in [2.75, 3.05) is 17.7 Å². The van der Waals surface area contributed by atoms with E-state index in [-0.39, 0.29) is 22.0 Å². The van der Waals surface area contributed by atoms with Crippen LogP contribution in [0.5, 0.6) is 5.75 Å². The number of carbonyl (C=O) groups excluding carboxylic acids is 2. The van der Waals surface area contributed by atoms with Gasteiger partial charge >= 0.3 is 0 Å². The van der Waals surface area contributed by atoms with Crippen LogP contribution in [-0.2, 0) is 0 Å². The van der Waals surface area contributed by atoms with Gasteiger partial charge in [-0.3, -0.25) is 9.59 Å². The van der Waals surface area contributed by atoms with Crippen LogP contribution < -0.4 is 15.4 Å². The summed E-state index contributed by atoms with van der Waals surface area (Å²) < 4.78 is 21.1. The van der Waals surface area contributed by atoms with Crippen LogP contribution in [-0.4, -0.2) is 28.3 Å². The fraction of sp³-hybridized carbons (Fsp3) is 0.0870. The summed E-state index contributed by atoms with van der Waals surface area (Å²) in [6, 6.07) is 12.3. The number of hydrogen-bond donors (Lipinski definition) is 2. The Morgan fingerprint density at radius 3 is 2.62 bits per heavy atom. The van der Waals surface area contributed by atoms with E-state index in [1.165, 1.54) is 25.3 Å². The van der Waals surface area contributed by atoms with Crippen LogP contribution in [0.2, 0.25) is 5.02 Å². The van der Waals surface area contributed by atoms with Gasteiger partial charge in [0.2, 0.25) is 0 Å². The van der Waals surface area contributed by atoms with Gasteiger partial charge in [-0.15, -0.1) is 0 Å². The predicted octanol–water partition coefficient (Wildman–Crippen LogP) is 4.95. The predicted molar refractivity (Wildman–Crippen MR) is 120 cm³/mol. The summed E-state index contributed by atoms with van der Waals surface area (Å²) in [5.74, 6) is -1.51. The van der Waals surface area contributed by atoms with E-state index in [0.29, 0.717) is 17.1 Å². The third-order valence-electron chi connectivity index (χ3n) is 4.73. The molecule has 9 heteroatoms. The molecule has 0 unspecified atom stereocenters. The summed E-state index contributed by atoms with van der Waals surface area (Å²) in [5, 5.41) is 5.53. The van der Waals surface area contributed by atoms with Gasteiger partial charge in [-0.05, 0) is 61.0 Å². The second-order valence-electron chi connectivity index (χ2n) is 7.04. The van der Waals surface area contributed by atoms with E-state index in [9.17, 15) is 14.0 Å². The molecule has 0 fully saturated rings. The molecule has 4 aromatic rings. The lowest BCUT2D eigenvalue weighted by molar-refractivity contribution is 0.101. The first kappa shape index (κ1) is 21.3. The largest absolute Gasteiger partial charge is 0.495 e. The number of aromatic nitrogens is 2. The van der Waals surface area contributed by atoms with Gasteiger partial charge < -0.3 is 19.8 Å². The molecular formula is C23H18ClFN4O3. The SMILES string of the molecule is COc1ccc(NC(=O)c2cn3ccc(C)cc3n2)cc1NC(=O)c1ccc(Cl)cc1F. The molecule has 162 valence electrons. The van der Waals surface area contributed by atoms with Crippen molar-refractivity contribution in [2.24, 2.45) is 0 Å². The molecule has 0 saturated carbocycles. The third-order valence-corrected chi connectivity index (χ3v) is 4.96. The Morgan fingerprint density at radius 2 is 1.88 bits per heavy atom. The fourth-order valence-corrected chi connectivity index (χ4v) is 3.29. The van der Waals surface area contributed by atoms with Crippen molar-refractivity contribution in [3.8, 4) is 5.75 Å². The normalized spacial score (nSPS) is 10.8. The standard InChI is InChI=1S/C23H18ClFN4O3/c1-13-7-8-29-12-19(27-21(29)9-13)23(31)26-15-4-6-20(32-2)18(11-15)28-22(30)16-5-3-14(24)10-17(16)25/h3-12H,1-2H3,(H,26,31)(H,28,30). The molecule has 7 nitrogen and oxygen atoms in total. The average molecular weight is 453 g/mol. The highest BCUT2D eigenvalue weighted by Gasteiger charge is 2.16. The lowest BCUT2D eigenvalue weighted by Gasteiger charge is -2.13. The first-order valence-corrected chi connectivity index (χ1v) is 9.93. The second kappa shape index (κ2) is 8.68. The number of halogens is 2. The molecule has 0 saturated heterocycles. The Hall–Kier alpha value is -3.91. The van der Waals surface area contributed by atoms with Crippen LogP contribution in [0.4, 0.5) is 15.8 Å². The zero-order chi connectivity index (χ0) is 22.8. The number of fused-ring (bicyclic) bond motifs is 1. The molecular weight excluding hydrogens is 435 g/mol. The van der Waals surface area contributed by atoms with Crippen molar-refractivity contribution in [3.05, 3.63) is 88.6 Å². The van der Waals surface area contributed by atoms with Crippen molar-refractivity contribution >= 4 is 40.4 Å². The van der Waals surface area contributed by atoms with Crippen LogP contribution >= 0.6 is 11.6 Å². The van der Waals surface area contributed by atoms with E-state index in [0.717, 1.165) is 11.6 Å². The van der Waals surface area contributed by atoms with Gasteiger partial charge in [0.15, 0.2) is 0 Å². The molecule has 0 aliphatic carbocycles. The molecule has 0 aliphatic heterocycles. The Labute approximate surface area is 187 Å². The number of rotatable bonds is 5. The third kappa shape index (κ3) is 4.40. The Morgan fingerprint density at radius 1 is 1.06 bits per heavy atom. The van der Waals surface area contributed by atoms with Gasteiger partial charge in [0, 0.05) is 23.1 Å². The molecule has 0 atom stereocenters. The molecule has 0 radical (unpaired) electrons. The van der Waals surface area contributed by atoms with E-state index < -0.39 is 17.6 Å². The van der Waals surface area contributed by atoms with Crippen molar-refractivity contribution in [3.63, 3.8) is 0 Å². The number of aryl methyl sites for hydroxylation is 1. The minimum absolute atomic E-state index is 0.175. The van der Waals surface area contributed by atoms with Crippen LogP contribution in [0.25, 0.3) is 5.65 Å². The average Bonchev–Trinajstić information content (AvgIpc) is 3.17. The summed E-state index contributed by atoms with van der Waals surface area (Å²) in [7, 11) is 1.44. The van der Waals surface area contributed by atoms with Crippen LogP contribution in [0, 0.1) is 12.7 Å². The number of anilines is 2. The molecule has 32 heavy (non-hydrogen) atoms. The Kier molecular flexibility index (Phi) is 5.79. The van der Waals surface area contributed by atoms with Gasteiger partial charge in [-0.1, -0.05) is 11.6 Å². The quantitative estimate of drug-likeness (QED) is 0.448. The zero-order valence-electron chi connectivity index (χ0n) is 17.1. The molecule has 2 heterocycles. The highest BCUT2D eigenvalue weighted by molar-refractivity contribution is 6.30. The van der Waals surface area contributed by atoms with E-state index in [1.807, 2.05) is 25.3 Å². The number of nitrogens with one attached hydrogen (secondary N) is 2. The molecule has 2 amide bonds. The highest BCUT2D eigenvalue weighted by Crippen LogP contribution is 2.29. The van der Waals surface area contributed by atoms with Gasteiger partial charge in [0.25, 0.3) is 11.8 Å². The van der Waals surface area contributed by atoms with E-state index in [2.05, 4.69) is 15.6 Å². The summed E-state index contributed by atoms with van der Waals surface area (Å²) in [4.78, 5) is 29.6. The minimum atomic E-state index is -0.750. The summed E-state index contributed by atoms with van der Waals surface area (Å²) >= 11 is 5.74. The van der Waals surface area contributed by atoms with Gasteiger partial charge in [-0.25, -0.2) is 9.37 Å². The van der Waals surface area contributed by atoms with Crippen LogP contribution in [0.3, 0.4) is 0 Å².